The first-order valence-electron chi connectivity index (χ1n) is 8.25. The average Bonchev–Trinajstić information content (AvgIpc) is 2.61. The summed E-state index contributed by atoms with van der Waals surface area (Å²) in [6.45, 7) is 5.82. The third-order valence-electron chi connectivity index (χ3n) is 4.25. The number of halogens is 3. The number of nitrogens with zero attached hydrogens (tertiary/aromatic N) is 3. The molecule has 0 spiro atoms. The van der Waals surface area contributed by atoms with Crippen molar-refractivity contribution in [3.8, 4) is 0 Å². The van der Waals surface area contributed by atoms with Gasteiger partial charge in [-0.2, -0.15) is 13.2 Å². The van der Waals surface area contributed by atoms with Gasteiger partial charge in [0.15, 0.2) is 0 Å². The Morgan fingerprint density at radius 1 is 1.15 bits per heavy atom. The van der Waals surface area contributed by atoms with Crippen LogP contribution >= 0.6 is 0 Å². The fourth-order valence-corrected chi connectivity index (χ4v) is 2.95. The van der Waals surface area contributed by atoms with E-state index in [0.717, 1.165) is 6.07 Å². The minimum Gasteiger partial charge on any atom is -0.368 e. The smallest absolute Gasteiger partial charge is 0.368 e. The molecular formula is C18H19F3N4O. The predicted octanol–water partition coefficient (Wildman–Crippen LogP) is 2.84. The average molecular weight is 364 g/mol. The van der Waals surface area contributed by atoms with E-state index in [-0.39, 0.29) is 5.56 Å². The molecule has 0 bridgehead atoms. The molecule has 2 heterocycles. The molecule has 1 saturated heterocycles. The van der Waals surface area contributed by atoms with Gasteiger partial charge in [-0.25, -0.2) is 4.98 Å². The minimum absolute atomic E-state index is 0.229. The van der Waals surface area contributed by atoms with Crippen molar-refractivity contribution in [1.82, 2.24) is 9.97 Å². The summed E-state index contributed by atoms with van der Waals surface area (Å²) in [5.74, 6) is 0.484. The Bertz CT molecular complexity index is 839. The lowest BCUT2D eigenvalue weighted by atomic mass is 10.1. The molecule has 8 heteroatoms. The summed E-state index contributed by atoms with van der Waals surface area (Å²) in [5, 5.41) is 0. The standard InChI is InChI=1S/C18H19F3N4O/c1-2-4-14-12-16(26)23-17(22-14)25-9-7-24(8-10-25)15-6-3-5-13(11-15)18(19,20)21/h2-3,5-6,11-12H,1,4,7-10H2,(H,22,23,26). The number of nitrogens with one attached hydrogen (secondary N) is 1. The number of hydrogen-bond acceptors (Lipinski definition) is 4. The maximum atomic E-state index is 12.9. The van der Waals surface area contributed by atoms with E-state index in [4.69, 9.17) is 0 Å². The number of H-pyrrole nitrogens is 1. The second-order valence-electron chi connectivity index (χ2n) is 6.08. The van der Waals surface area contributed by atoms with Crippen LogP contribution in [0.4, 0.5) is 24.8 Å². The van der Waals surface area contributed by atoms with Crippen molar-refractivity contribution in [1.29, 1.82) is 0 Å². The van der Waals surface area contributed by atoms with Crippen LogP contribution in [-0.4, -0.2) is 36.1 Å². The Balaban J connectivity index is 1.72. The van der Waals surface area contributed by atoms with Gasteiger partial charge in [0.05, 0.1) is 11.3 Å². The van der Waals surface area contributed by atoms with E-state index in [0.29, 0.717) is 49.9 Å². The number of aromatic amines is 1. The highest BCUT2D eigenvalue weighted by molar-refractivity contribution is 5.51. The molecule has 5 nitrogen and oxygen atoms in total. The summed E-state index contributed by atoms with van der Waals surface area (Å²) in [6.07, 6.45) is -2.18. The second kappa shape index (κ2) is 7.23. The second-order valence-corrected chi connectivity index (χ2v) is 6.08. The van der Waals surface area contributed by atoms with Crippen molar-refractivity contribution < 1.29 is 13.2 Å². The van der Waals surface area contributed by atoms with Crippen LogP contribution in [0.1, 0.15) is 11.3 Å². The van der Waals surface area contributed by atoms with E-state index >= 15 is 0 Å². The fourth-order valence-electron chi connectivity index (χ4n) is 2.95. The highest BCUT2D eigenvalue weighted by Gasteiger charge is 2.31. The van der Waals surface area contributed by atoms with E-state index in [9.17, 15) is 18.0 Å². The van der Waals surface area contributed by atoms with E-state index in [1.807, 2.05) is 9.80 Å². The zero-order valence-electron chi connectivity index (χ0n) is 14.1. The van der Waals surface area contributed by atoms with Crippen LogP contribution in [0.5, 0.6) is 0 Å². The Morgan fingerprint density at radius 3 is 2.50 bits per heavy atom. The van der Waals surface area contributed by atoms with Gasteiger partial charge in [-0.15, -0.1) is 6.58 Å². The summed E-state index contributed by atoms with van der Waals surface area (Å²) in [7, 11) is 0. The quantitative estimate of drug-likeness (QED) is 0.848. The van der Waals surface area contributed by atoms with Crippen molar-refractivity contribution in [2.24, 2.45) is 0 Å². The Kier molecular flexibility index (Phi) is 5.01. The molecule has 0 aliphatic carbocycles. The van der Waals surface area contributed by atoms with Crippen LogP contribution < -0.4 is 15.4 Å². The van der Waals surface area contributed by atoms with Crippen molar-refractivity contribution >= 4 is 11.6 Å². The van der Waals surface area contributed by atoms with Gasteiger partial charge in [0.1, 0.15) is 0 Å². The van der Waals surface area contributed by atoms with Crippen molar-refractivity contribution in [3.63, 3.8) is 0 Å². The number of alkyl halides is 3. The number of benzene rings is 1. The maximum Gasteiger partial charge on any atom is 0.416 e. The molecule has 1 aromatic heterocycles. The van der Waals surface area contributed by atoms with Crippen molar-refractivity contribution in [2.75, 3.05) is 36.0 Å². The Labute approximate surface area is 148 Å². The molecule has 0 amide bonds. The van der Waals surface area contributed by atoms with Crippen LogP contribution in [0.2, 0.25) is 0 Å². The van der Waals surface area contributed by atoms with Gasteiger partial charge in [-0.3, -0.25) is 9.78 Å². The van der Waals surface area contributed by atoms with Crippen LogP contribution in [0.15, 0.2) is 47.8 Å². The molecule has 3 rings (SSSR count). The molecule has 1 aromatic carbocycles. The van der Waals surface area contributed by atoms with Gasteiger partial charge in [-0.05, 0) is 18.2 Å². The number of allylic oxidation sites excluding steroid dienone is 1. The molecule has 1 aliphatic rings. The number of rotatable bonds is 4. The van der Waals surface area contributed by atoms with Gasteiger partial charge in [0.2, 0.25) is 5.95 Å². The Morgan fingerprint density at radius 2 is 1.85 bits per heavy atom. The number of anilines is 2. The lowest BCUT2D eigenvalue weighted by Crippen LogP contribution is -2.47. The van der Waals surface area contributed by atoms with E-state index in [1.54, 1.807) is 12.1 Å². The fraction of sp³-hybridized carbons (Fsp3) is 0.333. The highest BCUT2D eigenvalue weighted by atomic mass is 19.4. The highest BCUT2D eigenvalue weighted by Crippen LogP contribution is 2.32. The van der Waals surface area contributed by atoms with Gasteiger partial charge < -0.3 is 9.80 Å². The molecule has 1 aliphatic heterocycles. The lowest BCUT2D eigenvalue weighted by molar-refractivity contribution is -0.137. The molecule has 138 valence electrons. The Hall–Kier alpha value is -2.77. The summed E-state index contributed by atoms with van der Waals surface area (Å²) >= 11 is 0. The predicted molar refractivity (Wildman–Crippen MR) is 94.6 cm³/mol. The normalized spacial score (nSPS) is 15.2. The molecule has 1 fully saturated rings. The summed E-state index contributed by atoms with van der Waals surface area (Å²) in [5.41, 5.74) is 0.299. The molecular weight excluding hydrogens is 345 g/mol. The maximum absolute atomic E-state index is 12.9. The first-order valence-corrected chi connectivity index (χ1v) is 8.25. The van der Waals surface area contributed by atoms with Gasteiger partial charge >= 0.3 is 6.18 Å². The number of aromatic nitrogens is 2. The minimum atomic E-state index is -4.35. The molecule has 26 heavy (non-hydrogen) atoms. The largest absolute Gasteiger partial charge is 0.416 e. The zero-order chi connectivity index (χ0) is 18.7. The monoisotopic (exact) mass is 364 g/mol. The van der Waals surface area contributed by atoms with Gasteiger partial charge in [-0.1, -0.05) is 12.1 Å². The van der Waals surface area contributed by atoms with Crippen LogP contribution in [0.25, 0.3) is 0 Å². The number of piperazine rings is 1. The summed E-state index contributed by atoms with van der Waals surface area (Å²) in [6, 6.07) is 6.77. The first-order chi connectivity index (χ1) is 12.4. The molecule has 0 radical (unpaired) electrons. The van der Waals surface area contributed by atoms with Gasteiger partial charge in [0.25, 0.3) is 5.56 Å². The molecule has 1 N–H and O–H groups in total. The van der Waals surface area contributed by atoms with E-state index in [2.05, 4.69) is 16.5 Å². The SMILES string of the molecule is C=CCc1cc(=O)[nH]c(N2CCN(c3cccc(C(F)(F)F)c3)CC2)n1. The van der Waals surface area contributed by atoms with E-state index < -0.39 is 11.7 Å². The van der Waals surface area contributed by atoms with Crippen molar-refractivity contribution in [2.45, 2.75) is 12.6 Å². The lowest BCUT2D eigenvalue weighted by Gasteiger charge is -2.36. The first kappa shape index (κ1) is 18.0. The zero-order valence-corrected chi connectivity index (χ0v) is 14.1. The molecule has 0 saturated carbocycles. The topological polar surface area (TPSA) is 52.2 Å². The molecule has 0 atom stereocenters. The summed E-state index contributed by atoms with van der Waals surface area (Å²) < 4.78 is 38.6. The third kappa shape index (κ3) is 4.07. The van der Waals surface area contributed by atoms with Crippen LogP contribution in [0, 0.1) is 0 Å². The number of hydrogen-bond donors (Lipinski definition) is 1. The van der Waals surface area contributed by atoms with Crippen LogP contribution in [-0.2, 0) is 12.6 Å². The van der Waals surface area contributed by atoms with E-state index in [1.165, 1.54) is 18.2 Å². The summed E-state index contributed by atoms with van der Waals surface area (Å²) in [4.78, 5) is 22.7. The molecule has 0 unspecified atom stereocenters. The van der Waals surface area contributed by atoms with Crippen molar-refractivity contribution in [3.05, 3.63) is 64.6 Å². The van der Waals surface area contributed by atoms with Gasteiger partial charge in [0, 0.05) is 44.4 Å². The van der Waals surface area contributed by atoms with Crippen LogP contribution in [0.3, 0.4) is 0 Å². The molecule has 2 aromatic rings. The third-order valence-corrected chi connectivity index (χ3v) is 4.25.